The highest BCUT2D eigenvalue weighted by molar-refractivity contribution is 7.10. The van der Waals surface area contributed by atoms with Crippen LogP contribution in [0.3, 0.4) is 0 Å². The van der Waals surface area contributed by atoms with Gasteiger partial charge in [-0.2, -0.15) is 0 Å². The highest BCUT2D eigenvalue weighted by Crippen LogP contribution is 2.33. The van der Waals surface area contributed by atoms with Crippen molar-refractivity contribution in [2.75, 3.05) is 13.2 Å². The number of rotatable bonds is 4. The Bertz CT molecular complexity index is 453. The van der Waals surface area contributed by atoms with Crippen LogP contribution in [0.2, 0.25) is 0 Å². The van der Waals surface area contributed by atoms with Crippen molar-refractivity contribution >= 4 is 17.2 Å². The molecule has 0 radical (unpaired) electrons. The quantitative estimate of drug-likeness (QED) is 0.922. The van der Waals surface area contributed by atoms with Crippen molar-refractivity contribution in [3.05, 3.63) is 21.4 Å². The molecule has 0 fully saturated rings. The number of aliphatic hydroxyl groups is 1. The third-order valence-electron chi connectivity index (χ3n) is 3.86. The molecule has 1 unspecified atom stereocenters. The number of carbonyl (C=O) groups is 1. The molecule has 1 aliphatic carbocycles. The maximum absolute atomic E-state index is 12.6. The Balaban J connectivity index is 2.24. The van der Waals surface area contributed by atoms with Crippen molar-refractivity contribution in [3.63, 3.8) is 0 Å². The zero-order chi connectivity index (χ0) is 14.0. The molecular formula is C15H23NO2S. The molecule has 0 aromatic carbocycles. The van der Waals surface area contributed by atoms with E-state index in [1.54, 1.807) is 16.2 Å². The van der Waals surface area contributed by atoms with E-state index < -0.39 is 0 Å². The number of hydrogen-bond donors (Lipinski definition) is 1. The minimum absolute atomic E-state index is 0.0211. The van der Waals surface area contributed by atoms with Gasteiger partial charge in [-0.3, -0.25) is 4.79 Å². The summed E-state index contributed by atoms with van der Waals surface area (Å²) in [7, 11) is 0. The van der Waals surface area contributed by atoms with Crippen molar-refractivity contribution in [2.24, 2.45) is 5.92 Å². The average Bonchev–Trinajstić information content (AvgIpc) is 2.77. The molecule has 0 saturated carbocycles. The summed E-state index contributed by atoms with van der Waals surface area (Å²) in [5.74, 6) is 0.809. The molecule has 0 spiro atoms. The van der Waals surface area contributed by atoms with Crippen LogP contribution in [0, 0.1) is 5.92 Å². The first-order valence-corrected chi connectivity index (χ1v) is 7.93. The minimum atomic E-state index is 0.0211. The van der Waals surface area contributed by atoms with Gasteiger partial charge in [0.25, 0.3) is 5.91 Å². The topological polar surface area (TPSA) is 40.5 Å². The van der Waals surface area contributed by atoms with E-state index in [1.807, 2.05) is 19.2 Å². The fourth-order valence-corrected chi connectivity index (χ4v) is 3.95. The second kappa shape index (κ2) is 6.06. The summed E-state index contributed by atoms with van der Waals surface area (Å²) in [6.07, 6.45) is 3.30. The summed E-state index contributed by atoms with van der Waals surface area (Å²) in [4.78, 5) is 15.8. The first-order valence-electron chi connectivity index (χ1n) is 7.05. The third-order valence-corrected chi connectivity index (χ3v) is 4.91. The molecule has 3 nitrogen and oxygen atoms in total. The van der Waals surface area contributed by atoms with Crippen LogP contribution in [0.4, 0.5) is 0 Å². The summed E-state index contributed by atoms with van der Waals surface area (Å²) in [6.45, 7) is 6.70. The lowest BCUT2D eigenvalue weighted by atomic mass is 9.88. The van der Waals surface area contributed by atoms with Gasteiger partial charge in [0.1, 0.15) is 0 Å². The van der Waals surface area contributed by atoms with Gasteiger partial charge in [0, 0.05) is 22.8 Å². The lowest BCUT2D eigenvalue weighted by Gasteiger charge is -2.27. The largest absolute Gasteiger partial charge is 0.395 e. The maximum Gasteiger partial charge on any atom is 0.255 e. The Morgan fingerprint density at radius 2 is 2.32 bits per heavy atom. The lowest BCUT2D eigenvalue weighted by molar-refractivity contribution is 0.0664. The van der Waals surface area contributed by atoms with Crippen LogP contribution < -0.4 is 0 Å². The van der Waals surface area contributed by atoms with Gasteiger partial charge in [-0.05, 0) is 44.6 Å². The number of amides is 1. The molecule has 1 amide bonds. The summed E-state index contributed by atoms with van der Waals surface area (Å²) in [5, 5.41) is 11.1. The summed E-state index contributed by atoms with van der Waals surface area (Å²) in [5.41, 5.74) is 2.13. The van der Waals surface area contributed by atoms with Crippen LogP contribution >= 0.6 is 11.3 Å². The van der Waals surface area contributed by atoms with E-state index in [0.717, 1.165) is 24.3 Å². The zero-order valence-electron chi connectivity index (χ0n) is 12.0. The Hall–Kier alpha value is -0.870. The molecule has 0 bridgehead atoms. The molecule has 4 heteroatoms. The number of thiophene rings is 1. The van der Waals surface area contributed by atoms with Gasteiger partial charge < -0.3 is 10.0 Å². The molecule has 0 aliphatic heterocycles. The van der Waals surface area contributed by atoms with E-state index in [2.05, 4.69) is 6.92 Å². The maximum atomic E-state index is 12.6. The Labute approximate surface area is 119 Å². The molecule has 1 N–H and O–H groups in total. The minimum Gasteiger partial charge on any atom is -0.395 e. The predicted octanol–water partition coefficient (Wildman–Crippen LogP) is 2.72. The average molecular weight is 281 g/mol. The van der Waals surface area contributed by atoms with Crippen molar-refractivity contribution in [2.45, 2.75) is 46.1 Å². The molecule has 1 atom stereocenters. The van der Waals surface area contributed by atoms with Crippen LogP contribution in [0.1, 0.15) is 48.0 Å². The Morgan fingerprint density at radius 1 is 1.58 bits per heavy atom. The van der Waals surface area contributed by atoms with Crippen LogP contribution in [-0.4, -0.2) is 35.1 Å². The van der Waals surface area contributed by atoms with Gasteiger partial charge in [-0.15, -0.1) is 11.3 Å². The van der Waals surface area contributed by atoms with Crippen LogP contribution in [0.5, 0.6) is 0 Å². The Morgan fingerprint density at radius 3 is 2.95 bits per heavy atom. The highest BCUT2D eigenvalue weighted by Gasteiger charge is 2.26. The van der Waals surface area contributed by atoms with Crippen LogP contribution in [-0.2, 0) is 12.8 Å². The predicted molar refractivity (Wildman–Crippen MR) is 78.8 cm³/mol. The number of hydrogen-bond acceptors (Lipinski definition) is 3. The van der Waals surface area contributed by atoms with E-state index in [0.29, 0.717) is 6.54 Å². The second-order valence-electron chi connectivity index (χ2n) is 5.71. The number of aliphatic hydroxyl groups excluding tert-OH is 1. The zero-order valence-corrected chi connectivity index (χ0v) is 12.8. The van der Waals surface area contributed by atoms with E-state index in [-0.39, 0.29) is 18.6 Å². The fourth-order valence-electron chi connectivity index (χ4n) is 2.71. The summed E-state index contributed by atoms with van der Waals surface area (Å²) in [6, 6.07) is 0.123. The second-order valence-corrected chi connectivity index (χ2v) is 6.68. The summed E-state index contributed by atoms with van der Waals surface area (Å²) >= 11 is 1.72. The lowest BCUT2D eigenvalue weighted by Crippen LogP contribution is -2.39. The van der Waals surface area contributed by atoms with Crippen LogP contribution in [0.25, 0.3) is 0 Å². The first kappa shape index (κ1) is 14.5. The molecule has 1 aliphatic rings. The SMILES string of the molecule is CC1CCc2c(C(=O)N(CCO)C(C)C)csc2C1. The van der Waals surface area contributed by atoms with Gasteiger partial charge >= 0.3 is 0 Å². The van der Waals surface area contributed by atoms with Crippen molar-refractivity contribution in [1.82, 2.24) is 4.90 Å². The van der Waals surface area contributed by atoms with E-state index in [9.17, 15) is 4.79 Å². The van der Waals surface area contributed by atoms with Gasteiger partial charge in [0.2, 0.25) is 0 Å². The monoisotopic (exact) mass is 281 g/mol. The van der Waals surface area contributed by atoms with Crippen LogP contribution in [0.15, 0.2) is 5.38 Å². The molecule has 106 valence electrons. The molecule has 1 aromatic heterocycles. The van der Waals surface area contributed by atoms with E-state index in [4.69, 9.17) is 5.11 Å². The third kappa shape index (κ3) is 3.00. The van der Waals surface area contributed by atoms with Gasteiger partial charge in [0.15, 0.2) is 0 Å². The Kier molecular flexibility index (Phi) is 4.63. The van der Waals surface area contributed by atoms with Crippen molar-refractivity contribution in [1.29, 1.82) is 0 Å². The molecule has 19 heavy (non-hydrogen) atoms. The normalized spacial score (nSPS) is 18.5. The highest BCUT2D eigenvalue weighted by atomic mass is 32.1. The molecular weight excluding hydrogens is 258 g/mol. The first-order chi connectivity index (χ1) is 9.04. The van der Waals surface area contributed by atoms with Gasteiger partial charge in [0.05, 0.1) is 12.2 Å². The number of carbonyl (C=O) groups excluding carboxylic acids is 1. The molecule has 1 heterocycles. The van der Waals surface area contributed by atoms with Gasteiger partial charge in [-0.25, -0.2) is 0 Å². The standard InChI is InChI=1S/C15H23NO2S/c1-10(2)16(6-7-17)15(18)13-9-19-14-8-11(3)4-5-12(13)14/h9-11,17H,4-8H2,1-3H3. The molecule has 0 saturated heterocycles. The number of nitrogens with zero attached hydrogens (tertiary/aromatic N) is 1. The number of fused-ring (bicyclic) bond motifs is 1. The smallest absolute Gasteiger partial charge is 0.255 e. The van der Waals surface area contributed by atoms with E-state index >= 15 is 0 Å². The van der Waals surface area contributed by atoms with Crippen molar-refractivity contribution < 1.29 is 9.90 Å². The molecule has 2 rings (SSSR count). The van der Waals surface area contributed by atoms with E-state index in [1.165, 1.54) is 16.9 Å². The fraction of sp³-hybridized carbons (Fsp3) is 0.667. The summed E-state index contributed by atoms with van der Waals surface area (Å²) < 4.78 is 0. The van der Waals surface area contributed by atoms with Crippen molar-refractivity contribution in [3.8, 4) is 0 Å². The van der Waals surface area contributed by atoms with Gasteiger partial charge in [-0.1, -0.05) is 6.92 Å². The molecule has 1 aromatic rings.